The van der Waals surface area contributed by atoms with Crippen molar-refractivity contribution in [3.05, 3.63) is 47.0 Å². The van der Waals surface area contributed by atoms with Crippen molar-refractivity contribution in [2.75, 3.05) is 0 Å². The highest BCUT2D eigenvalue weighted by Gasteiger charge is 2.27. The van der Waals surface area contributed by atoms with Gasteiger partial charge in [-0.25, -0.2) is 9.59 Å². The average molecular weight is 222 g/mol. The number of carbonyl (C=O) groups is 2. The molecule has 1 heterocycles. The molecule has 0 saturated heterocycles. The van der Waals surface area contributed by atoms with Crippen LogP contribution in [0, 0.1) is 12.3 Å². The Morgan fingerprint density at radius 2 is 1.82 bits per heavy atom. The summed E-state index contributed by atoms with van der Waals surface area (Å²) in [6.07, 6.45) is 5.32. The highest BCUT2D eigenvalue weighted by atomic mass is 16.6. The number of hydrogen-bond donors (Lipinski definition) is 0. The molecule has 3 heteroatoms. The largest absolute Gasteiger partial charge is 0.386 e. The summed E-state index contributed by atoms with van der Waals surface area (Å²) in [5.74, 6) is 1.22. The van der Waals surface area contributed by atoms with Crippen LogP contribution in [0.25, 0.3) is 10.8 Å². The zero-order valence-electron chi connectivity index (χ0n) is 8.69. The lowest BCUT2D eigenvalue weighted by Crippen LogP contribution is -2.19. The van der Waals surface area contributed by atoms with Gasteiger partial charge in [-0.1, -0.05) is 18.1 Å². The fourth-order valence-corrected chi connectivity index (χ4v) is 2.04. The maximum Gasteiger partial charge on any atom is 0.346 e. The number of ether oxygens (including phenoxy) is 1. The van der Waals surface area contributed by atoms with E-state index in [1.165, 1.54) is 0 Å². The van der Waals surface area contributed by atoms with Gasteiger partial charge < -0.3 is 4.74 Å². The molecule has 2 aromatic carbocycles. The monoisotopic (exact) mass is 222 g/mol. The molecule has 0 N–H and O–H groups in total. The van der Waals surface area contributed by atoms with E-state index >= 15 is 0 Å². The summed E-state index contributed by atoms with van der Waals surface area (Å²) in [4.78, 5) is 23.2. The summed E-state index contributed by atoms with van der Waals surface area (Å²) in [5.41, 5.74) is 1.35. The predicted molar refractivity (Wildman–Crippen MR) is 61.6 cm³/mol. The van der Waals surface area contributed by atoms with Crippen LogP contribution in [0.1, 0.15) is 26.3 Å². The molecule has 17 heavy (non-hydrogen) atoms. The molecule has 1 aliphatic rings. The fourth-order valence-electron chi connectivity index (χ4n) is 2.04. The molecule has 0 saturated carbocycles. The van der Waals surface area contributed by atoms with Gasteiger partial charge in [-0.2, -0.15) is 0 Å². The molecule has 0 fully saturated rings. The molecule has 0 spiro atoms. The van der Waals surface area contributed by atoms with E-state index in [4.69, 9.17) is 6.42 Å². The van der Waals surface area contributed by atoms with E-state index in [1.54, 1.807) is 24.3 Å². The quantitative estimate of drug-likeness (QED) is 0.389. The highest BCUT2D eigenvalue weighted by molar-refractivity contribution is 6.20. The third-order valence-corrected chi connectivity index (χ3v) is 2.77. The maximum atomic E-state index is 11.6. The molecule has 0 radical (unpaired) electrons. The van der Waals surface area contributed by atoms with Crippen LogP contribution in [0.15, 0.2) is 30.3 Å². The lowest BCUT2D eigenvalue weighted by atomic mass is 9.95. The molecule has 3 nitrogen and oxygen atoms in total. The molecular formula is C14H6O3. The van der Waals surface area contributed by atoms with Crippen molar-refractivity contribution in [2.24, 2.45) is 0 Å². The van der Waals surface area contributed by atoms with Gasteiger partial charge in [-0.05, 0) is 23.6 Å². The molecule has 0 amide bonds. The first kappa shape index (κ1) is 9.61. The Balaban J connectivity index is 2.53. The van der Waals surface area contributed by atoms with E-state index in [0.717, 1.165) is 5.39 Å². The van der Waals surface area contributed by atoms with E-state index in [-0.39, 0.29) is 0 Å². The third kappa shape index (κ3) is 1.25. The van der Waals surface area contributed by atoms with Gasteiger partial charge in [-0.3, -0.25) is 0 Å². The minimum atomic E-state index is -0.643. The Bertz CT molecular complexity index is 720. The molecule has 80 valence electrons. The zero-order chi connectivity index (χ0) is 12.0. The van der Waals surface area contributed by atoms with Crippen LogP contribution in [0.3, 0.4) is 0 Å². The van der Waals surface area contributed by atoms with Crippen LogP contribution in [-0.2, 0) is 4.74 Å². The summed E-state index contributed by atoms with van der Waals surface area (Å²) in [6, 6.07) is 8.53. The van der Waals surface area contributed by atoms with Gasteiger partial charge in [-0.15, -0.1) is 6.42 Å². The van der Waals surface area contributed by atoms with Gasteiger partial charge >= 0.3 is 11.9 Å². The second-order valence-corrected chi connectivity index (χ2v) is 3.75. The first-order valence-electron chi connectivity index (χ1n) is 5.00. The number of esters is 2. The summed E-state index contributed by atoms with van der Waals surface area (Å²) in [6.45, 7) is 0. The van der Waals surface area contributed by atoms with Crippen molar-refractivity contribution in [3.8, 4) is 12.3 Å². The average Bonchev–Trinajstić information content (AvgIpc) is 2.35. The van der Waals surface area contributed by atoms with Crippen molar-refractivity contribution >= 4 is 22.7 Å². The first-order chi connectivity index (χ1) is 8.20. The zero-order valence-corrected chi connectivity index (χ0v) is 8.69. The van der Waals surface area contributed by atoms with Gasteiger partial charge in [0.25, 0.3) is 0 Å². The second-order valence-electron chi connectivity index (χ2n) is 3.75. The molecule has 2 aromatic rings. The number of hydrogen-bond acceptors (Lipinski definition) is 3. The normalized spacial score (nSPS) is 13.4. The molecule has 3 rings (SSSR count). The topological polar surface area (TPSA) is 43.4 Å². The molecule has 0 atom stereocenters. The Kier molecular flexibility index (Phi) is 1.81. The molecular weight excluding hydrogens is 216 g/mol. The fraction of sp³-hybridized carbons (Fsp3) is 0. The predicted octanol–water partition coefficient (Wildman–Crippen LogP) is 2.13. The van der Waals surface area contributed by atoms with Crippen LogP contribution in [0.2, 0.25) is 0 Å². The van der Waals surface area contributed by atoms with Crippen LogP contribution >= 0.6 is 0 Å². The number of benzene rings is 2. The Labute approximate surface area is 97.0 Å². The lowest BCUT2D eigenvalue weighted by molar-refractivity contribution is 0.0391. The third-order valence-electron chi connectivity index (χ3n) is 2.77. The standard InChI is InChI=1S/C14H6O3/c1-2-8-6-9-4-3-5-10-12(9)11(7-8)14(16)17-13(10)15/h1,3-7H. The van der Waals surface area contributed by atoms with E-state index in [0.29, 0.717) is 22.1 Å². The Morgan fingerprint density at radius 3 is 2.59 bits per heavy atom. The van der Waals surface area contributed by atoms with E-state index < -0.39 is 11.9 Å². The van der Waals surface area contributed by atoms with Crippen LogP contribution in [-0.4, -0.2) is 11.9 Å². The number of rotatable bonds is 0. The van der Waals surface area contributed by atoms with Gasteiger partial charge in [0.1, 0.15) is 0 Å². The number of terminal acetylenes is 1. The van der Waals surface area contributed by atoms with Gasteiger partial charge in [0.15, 0.2) is 0 Å². The summed E-state index contributed by atoms with van der Waals surface area (Å²) >= 11 is 0. The number of cyclic esters (lactones) is 2. The smallest absolute Gasteiger partial charge is 0.346 e. The highest BCUT2D eigenvalue weighted by Crippen LogP contribution is 2.29. The van der Waals surface area contributed by atoms with Gasteiger partial charge in [0, 0.05) is 10.9 Å². The summed E-state index contributed by atoms with van der Waals surface area (Å²) < 4.78 is 4.66. The minimum Gasteiger partial charge on any atom is -0.386 e. The SMILES string of the molecule is C#Cc1cc2c3c(cccc3c1)C(=O)OC2=O. The molecule has 0 aromatic heterocycles. The molecule has 1 aliphatic heterocycles. The Morgan fingerprint density at radius 1 is 1.06 bits per heavy atom. The van der Waals surface area contributed by atoms with E-state index in [2.05, 4.69) is 10.7 Å². The summed E-state index contributed by atoms with van der Waals surface area (Å²) in [7, 11) is 0. The maximum absolute atomic E-state index is 11.6. The lowest BCUT2D eigenvalue weighted by Gasteiger charge is -2.15. The van der Waals surface area contributed by atoms with Crippen molar-refractivity contribution in [1.82, 2.24) is 0 Å². The van der Waals surface area contributed by atoms with Crippen LogP contribution < -0.4 is 0 Å². The van der Waals surface area contributed by atoms with E-state index in [1.807, 2.05) is 6.07 Å². The van der Waals surface area contributed by atoms with Crippen molar-refractivity contribution in [1.29, 1.82) is 0 Å². The van der Waals surface area contributed by atoms with Gasteiger partial charge in [0.2, 0.25) is 0 Å². The second kappa shape index (κ2) is 3.19. The Hall–Kier alpha value is -2.60. The molecule has 0 bridgehead atoms. The van der Waals surface area contributed by atoms with Crippen LogP contribution in [0.5, 0.6) is 0 Å². The summed E-state index contributed by atoms with van der Waals surface area (Å²) in [5, 5.41) is 1.39. The minimum absolute atomic E-state index is 0.352. The van der Waals surface area contributed by atoms with Crippen molar-refractivity contribution in [2.45, 2.75) is 0 Å². The van der Waals surface area contributed by atoms with E-state index in [9.17, 15) is 9.59 Å². The van der Waals surface area contributed by atoms with Crippen molar-refractivity contribution in [3.63, 3.8) is 0 Å². The van der Waals surface area contributed by atoms with Gasteiger partial charge in [0.05, 0.1) is 11.1 Å². The first-order valence-corrected chi connectivity index (χ1v) is 5.00. The van der Waals surface area contributed by atoms with Crippen molar-refractivity contribution < 1.29 is 14.3 Å². The molecule has 0 aliphatic carbocycles. The number of carbonyl (C=O) groups excluding carboxylic acids is 2. The molecule has 0 unspecified atom stereocenters. The van der Waals surface area contributed by atoms with Crippen LogP contribution in [0.4, 0.5) is 0 Å².